The zero-order valence-electron chi connectivity index (χ0n) is 11.5. The molecule has 2 rings (SSSR count). The van der Waals surface area contributed by atoms with Gasteiger partial charge < -0.3 is 10.1 Å². The lowest BCUT2D eigenvalue weighted by Crippen LogP contribution is -2.36. The van der Waals surface area contributed by atoms with Crippen molar-refractivity contribution in [1.82, 2.24) is 0 Å². The van der Waals surface area contributed by atoms with Crippen LogP contribution in [0.15, 0.2) is 18.2 Å². The van der Waals surface area contributed by atoms with Gasteiger partial charge in [0.15, 0.2) is 6.10 Å². The zero-order valence-corrected chi connectivity index (χ0v) is 11.5. The van der Waals surface area contributed by atoms with Gasteiger partial charge in [0.2, 0.25) is 0 Å². The van der Waals surface area contributed by atoms with Gasteiger partial charge in [0.05, 0.1) is 5.69 Å². The molecule has 1 aromatic carbocycles. The highest BCUT2D eigenvalue weighted by molar-refractivity contribution is 5.98. The number of amides is 1. The van der Waals surface area contributed by atoms with Crippen LogP contribution in [0.2, 0.25) is 0 Å². The quantitative estimate of drug-likeness (QED) is 0.888. The van der Waals surface area contributed by atoms with Crippen molar-refractivity contribution in [3.05, 3.63) is 23.8 Å². The van der Waals surface area contributed by atoms with E-state index in [0.717, 1.165) is 29.8 Å². The number of benzene rings is 1. The van der Waals surface area contributed by atoms with Gasteiger partial charge in [-0.2, -0.15) is 0 Å². The summed E-state index contributed by atoms with van der Waals surface area (Å²) in [6.45, 7) is 8.35. The first kappa shape index (κ1) is 12.9. The minimum atomic E-state index is -0.415. The molecule has 1 atom stereocenters. The fraction of sp³-hybridized carbons (Fsp3) is 0.533. The van der Waals surface area contributed by atoms with Crippen molar-refractivity contribution in [2.75, 3.05) is 5.32 Å². The Morgan fingerprint density at radius 1 is 1.39 bits per heavy atom. The number of ether oxygens (including phenoxy) is 1. The summed E-state index contributed by atoms with van der Waals surface area (Å²) in [7, 11) is 0. The second kappa shape index (κ2) is 4.63. The van der Waals surface area contributed by atoms with Crippen LogP contribution in [0.1, 0.15) is 46.1 Å². The highest BCUT2D eigenvalue weighted by atomic mass is 16.5. The Morgan fingerprint density at radius 3 is 2.78 bits per heavy atom. The molecular weight excluding hydrogens is 226 g/mol. The molecule has 0 radical (unpaired) electrons. The zero-order chi connectivity index (χ0) is 13.3. The van der Waals surface area contributed by atoms with Gasteiger partial charge in [0, 0.05) is 0 Å². The van der Waals surface area contributed by atoms with E-state index in [0.29, 0.717) is 0 Å². The first-order valence-electron chi connectivity index (χ1n) is 6.56. The van der Waals surface area contributed by atoms with Crippen LogP contribution >= 0.6 is 0 Å². The van der Waals surface area contributed by atoms with E-state index >= 15 is 0 Å². The third-order valence-corrected chi connectivity index (χ3v) is 3.55. The fourth-order valence-corrected chi connectivity index (χ4v) is 2.55. The topological polar surface area (TPSA) is 38.3 Å². The number of fused-ring (bicyclic) bond motifs is 1. The van der Waals surface area contributed by atoms with E-state index in [1.807, 2.05) is 12.1 Å². The summed E-state index contributed by atoms with van der Waals surface area (Å²) < 4.78 is 5.65. The third-order valence-electron chi connectivity index (χ3n) is 3.55. The molecule has 0 spiro atoms. The van der Waals surface area contributed by atoms with E-state index in [1.165, 1.54) is 0 Å². The maximum atomic E-state index is 11.8. The molecule has 3 heteroatoms. The first-order valence-corrected chi connectivity index (χ1v) is 6.56. The summed E-state index contributed by atoms with van der Waals surface area (Å²) in [5.74, 6) is 0.714. The van der Waals surface area contributed by atoms with Crippen molar-refractivity contribution in [2.24, 2.45) is 0 Å². The van der Waals surface area contributed by atoms with Crippen LogP contribution in [-0.4, -0.2) is 12.0 Å². The summed E-state index contributed by atoms with van der Waals surface area (Å²) in [5.41, 5.74) is 2.04. The Balaban J connectivity index is 2.45. The lowest BCUT2D eigenvalue weighted by molar-refractivity contribution is -0.122. The van der Waals surface area contributed by atoms with Crippen molar-refractivity contribution in [1.29, 1.82) is 0 Å². The summed E-state index contributed by atoms with van der Waals surface area (Å²) in [6, 6.07) is 5.99. The SMILES string of the molecule is CCCC(C)(C)c1cccc2c1NC(=O)C(C)O2. The number of rotatable bonds is 3. The third kappa shape index (κ3) is 2.22. The standard InChI is InChI=1S/C15H21NO2/c1-5-9-15(3,4)11-7-6-8-12-13(11)16-14(17)10(2)18-12/h6-8,10H,5,9H2,1-4H3,(H,16,17). The van der Waals surface area contributed by atoms with Gasteiger partial charge in [0.25, 0.3) is 5.91 Å². The number of para-hydroxylation sites is 1. The van der Waals surface area contributed by atoms with Crippen molar-refractivity contribution < 1.29 is 9.53 Å². The van der Waals surface area contributed by atoms with Crippen LogP contribution in [-0.2, 0) is 10.2 Å². The number of carbonyl (C=O) groups excluding carboxylic acids is 1. The lowest BCUT2D eigenvalue weighted by Gasteiger charge is -2.32. The van der Waals surface area contributed by atoms with Crippen LogP contribution in [0.3, 0.4) is 0 Å². The Bertz CT molecular complexity index is 466. The smallest absolute Gasteiger partial charge is 0.265 e. The van der Waals surface area contributed by atoms with Crippen LogP contribution in [0.5, 0.6) is 5.75 Å². The summed E-state index contributed by atoms with van der Waals surface area (Å²) in [6.07, 6.45) is 1.78. The van der Waals surface area contributed by atoms with E-state index in [-0.39, 0.29) is 11.3 Å². The molecule has 18 heavy (non-hydrogen) atoms. The van der Waals surface area contributed by atoms with Crippen LogP contribution in [0, 0.1) is 0 Å². The van der Waals surface area contributed by atoms with E-state index < -0.39 is 6.10 Å². The highest BCUT2D eigenvalue weighted by Gasteiger charge is 2.30. The second-order valence-electron chi connectivity index (χ2n) is 5.56. The Morgan fingerprint density at radius 2 is 2.11 bits per heavy atom. The van der Waals surface area contributed by atoms with Gasteiger partial charge >= 0.3 is 0 Å². The molecule has 0 saturated carbocycles. The monoisotopic (exact) mass is 247 g/mol. The van der Waals surface area contributed by atoms with Crippen molar-refractivity contribution >= 4 is 11.6 Å². The van der Waals surface area contributed by atoms with Gasteiger partial charge in [-0.25, -0.2) is 0 Å². The number of anilines is 1. The molecule has 1 N–H and O–H groups in total. The minimum Gasteiger partial charge on any atom is -0.479 e. The molecule has 1 aromatic rings. The van der Waals surface area contributed by atoms with Gasteiger partial charge in [0.1, 0.15) is 5.75 Å². The number of hydrogen-bond donors (Lipinski definition) is 1. The fourth-order valence-electron chi connectivity index (χ4n) is 2.55. The molecule has 1 unspecified atom stereocenters. The van der Waals surface area contributed by atoms with Crippen LogP contribution in [0.25, 0.3) is 0 Å². The van der Waals surface area contributed by atoms with Crippen molar-refractivity contribution in [3.8, 4) is 5.75 Å². The molecule has 0 aromatic heterocycles. The Hall–Kier alpha value is -1.51. The van der Waals surface area contributed by atoms with E-state index in [1.54, 1.807) is 6.92 Å². The maximum absolute atomic E-state index is 11.8. The molecule has 1 aliphatic heterocycles. The molecule has 0 aliphatic carbocycles. The normalized spacial score (nSPS) is 18.9. The molecular formula is C15H21NO2. The summed E-state index contributed by atoms with van der Waals surface area (Å²) >= 11 is 0. The van der Waals surface area contributed by atoms with E-state index in [2.05, 4.69) is 32.2 Å². The van der Waals surface area contributed by atoms with Crippen LogP contribution < -0.4 is 10.1 Å². The van der Waals surface area contributed by atoms with Crippen molar-refractivity contribution in [3.63, 3.8) is 0 Å². The highest BCUT2D eigenvalue weighted by Crippen LogP contribution is 2.40. The molecule has 0 fully saturated rings. The first-order chi connectivity index (χ1) is 8.45. The minimum absolute atomic E-state index is 0.0390. The molecule has 0 saturated heterocycles. The largest absolute Gasteiger partial charge is 0.479 e. The van der Waals surface area contributed by atoms with Gasteiger partial charge in [-0.1, -0.05) is 39.3 Å². The average molecular weight is 247 g/mol. The molecule has 3 nitrogen and oxygen atoms in total. The van der Waals surface area contributed by atoms with Gasteiger partial charge in [-0.3, -0.25) is 4.79 Å². The average Bonchev–Trinajstić information content (AvgIpc) is 2.29. The number of nitrogens with one attached hydrogen (secondary N) is 1. The summed E-state index contributed by atoms with van der Waals surface area (Å²) in [4.78, 5) is 11.8. The maximum Gasteiger partial charge on any atom is 0.265 e. The molecule has 1 amide bonds. The molecule has 0 bridgehead atoms. The number of carbonyl (C=O) groups is 1. The number of hydrogen-bond acceptors (Lipinski definition) is 2. The molecule has 98 valence electrons. The van der Waals surface area contributed by atoms with Gasteiger partial charge in [-0.05, 0) is 30.4 Å². The van der Waals surface area contributed by atoms with Crippen LogP contribution in [0.4, 0.5) is 5.69 Å². The Labute approximate surface area is 109 Å². The second-order valence-corrected chi connectivity index (χ2v) is 5.56. The predicted octanol–water partition coefficient (Wildman–Crippen LogP) is 3.48. The predicted molar refractivity (Wildman–Crippen MR) is 73.1 cm³/mol. The van der Waals surface area contributed by atoms with Gasteiger partial charge in [-0.15, -0.1) is 0 Å². The molecule has 1 heterocycles. The Kier molecular flexibility index (Phi) is 3.33. The summed E-state index contributed by atoms with van der Waals surface area (Å²) in [5, 5.41) is 2.98. The van der Waals surface area contributed by atoms with E-state index in [4.69, 9.17) is 4.74 Å². The lowest BCUT2D eigenvalue weighted by atomic mass is 9.79. The van der Waals surface area contributed by atoms with Crippen molar-refractivity contribution in [2.45, 2.75) is 52.1 Å². The van der Waals surface area contributed by atoms with E-state index in [9.17, 15) is 4.79 Å². The molecule has 1 aliphatic rings.